The van der Waals surface area contributed by atoms with Gasteiger partial charge < -0.3 is 15.5 Å². The molecule has 0 saturated carbocycles. The normalized spacial score (nSPS) is 12.0. The zero-order chi connectivity index (χ0) is 16.7. The first kappa shape index (κ1) is 17.2. The number of amides is 2. The number of nitrogens with one attached hydrogen (secondary N) is 3. The fraction of sp³-hybridized carbons (Fsp3) is 0.294. The molecule has 6 heteroatoms. The molecular formula is C17H22N3O2S+. The summed E-state index contributed by atoms with van der Waals surface area (Å²) in [6.45, 7) is 0.747. The summed E-state index contributed by atoms with van der Waals surface area (Å²) in [5, 5.41) is 7.48. The molecule has 0 unspecified atom stereocenters. The van der Waals surface area contributed by atoms with Gasteiger partial charge in [-0.2, -0.15) is 0 Å². The molecule has 1 aromatic heterocycles. The van der Waals surface area contributed by atoms with Gasteiger partial charge in [0.1, 0.15) is 12.6 Å². The molecule has 0 aliphatic rings. The number of likely N-dealkylation sites (N-methyl/N-ethyl adjacent to an activating group) is 1. The van der Waals surface area contributed by atoms with Gasteiger partial charge in [-0.1, -0.05) is 36.4 Å². The molecule has 1 aromatic carbocycles. The molecule has 23 heavy (non-hydrogen) atoms. The maximum Gasteiger partial charge on any atom is 0.261 e. The summed E-state index contributed by atoms with van der Waals surface area (Å²) in [5.74, 6) is -0.408. The van der Waals surface area contributed by atoms with E-state index in [9.17, 15) is 9.59 Å². The van der Waals surface area contributed by atoms with E-state index >= 15 is 0 Å². The van der Waals surface area contributed by atoms with E-state index < -0.39 is 0 Å². The summed E-state index contributed by atoms with van der Waals surface area (Å²) in [5.41, 5.74) is 1.06. The molecule has 0 fully saturated rings. The molecule has 1 heterocycles. The lowest BCUT2D eigenvalue weighted by Gasteiger charge is -2.21. The molecule has 0 saturated heterocycles. The highest BCUT2D eigenvalue weighted by Crippen LogP contribution is 2.10. The summed E-state index contributed by atoms with van der Waals surface area (Å²) in [6.07, 6.45) is 0. The summed E-state index contributed by atoms with van der Waals surface area (Å²) in [6, 6.07) is 13.3. The molecular weight excluding hydrogens is 310 g/mol. The first-order valence-electron chi connectivity index (χ1n) is 7.51. The van der Waals surface area contributed by atoms with E-state index in [1.807, 2.05) is 55.9 Å². The minimum atomic E-state index is -0.218. The van der Waals surface area contributed by atoms with Gasteiger partial charge in [0.25, 0.3) is 5.91 Å². The zero-order valence-corrected chi connectivity index (χ0v) is 14.2. The standard InChI is InChI=1S/C17H21N3O2S/c1-20(2)12-14(13-7-4-3-5-8-13)19-16(21)11-18-17(22)15-9-6-10-23-15/h3-10,14H,11-12H2,1-2H3,(H,18,22)(H,19,21)/p+1/t14-/m0/s1. The van der Waals surface area contributed by atoms with Crippen molar-refractivity contribution in [2.75, 3.05) is 27.2 Å². The summed E-state index contributed by atoms with van der Waals surface area (Å²) >= 11 is 1.35. The van der Waals surface area contributed by atoms with Crippen molar-refractivity contribution in [3.05, 3.63) is 58.3 Å². The van der Waals surface area contributed by atoms with Gasteiger partial charge in [0.15, 0.2) is 0 Å². The predicted octanol–water partition coefficient (Wildman–Crippen LogP) is 0.480. The Balaban J connectivity index is 1.91. The number of quaternary nitrogens is 1. The third kappa shape index (κ3) is 5.50. The number of carbonyl (C=O) groups excluding carboxylic acids is 2. The van der Waals surface area contributed by atoms with Gasteiger partial charge in [0.05, 0.1) is 25.5 Å². The van der Waals surface area contributed by atoms with Crippen LogP contribution in [-0.2, 0) is 4.79 Å². The minimum Gasteiger partial charge on any atom is -0.342 e. The molecule has 0 radical (unpaired) electrons. The minimum absolute atomic E-state index is 0.0250. The van der Waals surface area contributed by atoms with Crippen LogP contribution in [0.25, 0.3) is 0 Å². The summed E-state index contributed by atoms with van der Waals surface area (Å²) in [4.78, 5) is 25.9. The Morgan fingerprint density at radius 3 is 2.48 bits per heavy atom. The average Bonchev–Trinajstić information content (AvgIpc) is 3.07. The Morgan fingerprint density at radius 1 is 1.13 bits per heavy atom. The van der Waals surface area contributed by atoms with Gasteiger partial charge in [-0.15, -0.1) is 11.3 Å². The van der Waals surface area contributed by atoms with Crippen molar-refractivity contribution >= 4 is 23.2 Å². The molecule has 0 aliphatic carbocycles. The van der Waals surface area contributed by atoms with Gasteiger partial charge in [0.2, 0.25) is 5.91 Å². The van der Waals surface area contributed by atoms with Gasteiger partial charge in [-0.3, -0.25) is 9.59 Å². The van der Waals surface area contributed by atoms with E-state index in [0.717, 1.165) is 12.1 Å². The third-order valence-corrected chi connectivity index (χ3v) is 4.17. The van der Waals surface area contributed by atoms with Crippen LogP contribution in [-0.4, -0.2) is 39.0 Å². The Morgan fingerprint density at radius 2 is 1.87 bits per heavy atom. The highest BCUT2D eigenvalue weighted by atomic mass is 32.1. The molecule has 2 amide bonds. The topological polar surface area (TPSA) is 62.6 Å². The van der Waals surface area contributed by atoms with Crippen LogP contribution in [0.15, 0.2) is 47.8 Å². The highest BCUT2D eigenvalue weighted by molar-refractivity contribution is 7.12. The van der Waals surface area contributed by atoms with Crippen molar-refractivity contribution in [2.45, 2.75) is 6.04 Å². The van der Waals surface area contributed by atoms with E-state index in [0.29, 0.717) is 4.88 Å². The zero-order valence-electron chi connectivity index (χ0n) is 13.3. The number of carbonyl (C=O) groups is 2. The smallest absolute Gasteiger partial charge is 0.261 e. The van der Waals surface area contributed by atoms with Crippen molar-refractivity contribution in [1.29, 1.82) is 0 Å². The van der Waals surface area contributed by atoms with Crippen molar-refractivity contribution in [3.63, 3.8) is 0 Å². The maximum atomic E-state index is 12.2. The molecule has 0 spiro atoms. The molecule has 3 N–H and O–H groups in total. The Bertz CT molecular complexity index is 627. The van der Waals surface area contributed by atoms with Crippen LogP contribution in [0.4, 0.5) is 0 Å². The monoisotopic (exact) mass is 332 g/mol. The summed E-state index contributed by atoms with van der Waals surface area (Å²) in [7, 11) is 4.08. The van der Waals surface area contributed by atoms with Crippen LogP contribution in [0.5, 0.6) is 0 Å². The van der Waals surface area contributed by atoms with Crippen LogP contribution in [0.2, 0.25) is 0 Å². The van der Waals surface area contributed by atoms with Crippen molar-refractivity contribution < 1.29 is 14.5 Å². The Labute approximate surface area is 140 Å². The van der Waals surface area contributed by atoms with E-state index in [1.54, 1.807) is 6.07 Å². The number of benzene rings is 1. The number of hydrogen-bond acceptors (Lipinski definition) is 3. The quantitative estimate of drug-likeness (QED) is 0.691. The Kier molecular flexibility index (Phi) is 6.31. The molecule has 122 valence electrons. The maximum absolute atomic E-state index is 12.2. The molecule has 2 rings (SSSR count). The van der Waals surface area contributed by atoms with Gasteiger partial charge in [-0.25, -0.2) is 0 Å². The number of hydrogen-bond donors (Lipinski definition) is 3. The first-order valence-corrected chi connectivity index (χ1v) is 8.39. The Hall–Kier alpha value is -2.18. The lowest BCUT2D eigenvalue weighted by molar-refractivity contribution is -0.860. The molecule has 1 atom stereocenters. The van der Waals surface area contributed by atoms with Crippen molar-refractivity contribution in [3.8, 4) is 0 Å². The fourth-order valence-electron chi connectivity index (χ4n) is 2.25. The van der Waals surface area contributed by atoms with Gasteiger partial charge in [0, 0.05) is 0 Å². The number of thiophene rings is 1. The van der Waals surface area contributed by atoms with Crippen LogP contribution in [0.3, 0.4) is 0 Å². The van der Waals surface area contributed by atoms with Gasteiger partial charge in [-0.05, 0) is 17.0 Å². The first-order chi connectivity index (χ1) is 11.1. The lowest BCUT2D eigenvalue weighted by Crippen LogP contribution is -3.06. The highest BCUT2D eigenvalue weighted by Gasteiger charge is 2.18. The van der Waals surface area contributed by atoms with Gasteiger partial charge >= 0.3 is 0 Å². The molecule has 5 nitrogen and oxygen atoms in total. The SMILES string of the molecule is C[NH+](C)C[C@H](NC(=O)CNC(=O)c1cccs1)c1ccccc1. The lowest BCUT2D eigenvalue weighted by atomic mass is 10.1. The second-order valence-electron chi connectivity index (χ2n) is 5.60. The van der Waals surface area contributed by atoms with Crippen molar-refractivity contribution in [1.82, 2.24) is 10.6 Å². The molecule has 0 aliphatic heterocycles. The largest absolute Gasteiger partial charge is 0.342 e. The molecule has 2 aromatic rings. The fourth-order valence-corrected chi connectivity index (χ4v) is 2.89. The average molecular weight is 332 g/mol. The third-order valence-electron chi connectivity index (χ3n) is 3.30. The van der Waals surface area contributed by atoms with Crippen LogP contribution in [0, 0.1) is 0 Å². The summed E-state index contributed by atoms with van der Waals surface area (Å²) < 4.78 is 0. The van der Waals surface area contributed by atoms with Crippen LogP contribution >= 0.6 is 11.3 Å². The van der Waals surface area contributed by atoms with E-state index in [4.69, 9.17) is 0 Å². The second kappa shape index (κ2) is 8.45. The second-order valence-corrected chi connectivity index (χ2v) is 6.55. The van der Waals surface area contributed by atoms with E-state index in [2.05, 4.69) is 10.6 Å². The van der Waals surface area contributed by atoms with Crippen LogP contribution in [0.1, 0.15) is 21.3 Å². The van der Waals surface area contributed by atoms with E-state index in [1.165, 1.54) is 16.2 Å². The van der Waals surface area contributed by atoms with Crippen molar-refractivity contribution in [2.24, 2.45) is 0 Å². The predicted molar refractivity (Wildman–Crippen MR) is 91.7 cm³/mol. The van der Waals surface area contributed by atoms with E-state index in [-0.39, 0.29) is 24.4 Å². The molecule has 0 bridgehead atoms. The van der Waals surface area contributed by atoms with Crippen LogP contribution < -0.4 is 15.5 Å². The number of rotatable bonds is 7.